The van der Waals surface area contributed by atoms with Gasteiger partial charge in [-0.1, -0.05) is 53.9 Å². The lowest BCUT2D eigenvalue weighted by Gasteiger charge is -2.20. The van der Waals surface area contributed by atoms with Crippen molar-refractivity contribution in [2.45, 2.75) is 19.9 Å². The summed E-state index contributed by atoms with van der Waals surface area (Å²) in [5, 5.41) is 4.26. The molecule has 106 valence electrons. The lowest BCUT2D eigenvalue weighted by molar-refractivity contribution is 0.558. The fourth-order valence-corrected chi connectivity index (χ4v) is 2.49. The summed E-state index contributed by atoms with van der Waals surface area (Å²) < 4.78 is 14.1. The van der Waals surface area contributed by atoms with Crippen LogP contribution in [0.25, 0.3) is 0 Å². The summed E-state index contributed by atoms with van der Waals surface area (Å²) in [6.07, 6.45) is 0. The van der Waals surface area contributed by atoms with Crippen molar-refractivity contribution < 1.29 is 4.39 Å². The molecule has 1 N–H and O–H groups in total. The summed E-state index contributed by atoms with van der Waals surface area (Å²) in [5.41, 5.74) is 2.53. The second kappa shape index (κ2) is 6.57. The first-order chi connectivity index (χ1) is 9.52. The van der Waals surface area contributed by atoms with Crippen LogP contribution in [0.5, 0.6) is 0 Å². The summed E-state index contributed by atoms with van der Waals surface area (Å²) in [7, 11) is 0. The fourth-order valence-electron chi connectivity index (χ4n) is 2.19. The molecule has 20 heavy (non-hydrogen) atoms. The highest BCUT2D eigenvalue weighted by molar-refractivity contribution is 6.42. The molecule has 0 saturated carbocycles. The highest BCUT2D eigenvalue weighted by atomic mass is 35.5. The number of nitrogens with one attached hydrogen (secondary N) is 1. The van der Waals surface area contributed by atoms with Crippen LogP contribution < -0.4 is 5.32 Å². The standard InChI is InChI=1S/C16H16Cl2FN/c1-3-20-16(11-5-6-13(17)14(18)9-11)12-8-10(2)4-7-15(12)19/h4-9,16,20H,3H2,1-2H3. The number of benzene rings is 2. The molecule has 0 amide bonds. The largest absolute Gasteiger partial charge is 0.306 e. The zero-order valence-corrected chi connectivity index (χ0v) is 12.9. The second-order valence-electron chi connectivity index (χ2n) is 4.69. The van der Waals surface area contributed by atoms with E-state index in [2.05, 4.69) is 5.32 Å². The number of halogens is 3. The monoisotopic (exact) mass is 311 g/mol. The second-order valence-corrected chi connectivity index (χ2v) is 5.50. The molecule has 0 aliphatic carbocycles. The maximum atomic E-state index is 14.1. The van der Waals surface area contributed by atoms with Crippen molar-refractivity contribution in [3.8, 4) is 0 Å². The molecule has 0 aromatic heterocycles. The smallest absolute Gasteiger partial charge is 0.128 e. The average molecular weight is 312 g/mol. The van der Waals surface area contributed by atoms with Crippen LogP contribution in [0.4, 0.5) is 4.39 Å². The molecule has 0 aliphatic heterocycles. The first-order valence-electron chi connectivity index (χ1n) is 6.47. The molecular weight excluding hydrogens is 296 g/mol. The third-order valence-electron chi connectivity index (χ3n) is 3.15. The zero-order chi connectivity index (χ0) is 14.7. The van der Waals surface area contributed by atoms with Gasteiger partial charge in [-0.15, -0.1) is 0 Å². The average Bonchev–Trinajstić information content (AvgIpc) is 2.42. The molecule has 1 atom stereocenters. The quantitative estimate of drug-likeness (QED) is 0.824. The summed E-state index contributed by atoms with van der Waals surface area (Å²) in [4.78, 5) is 0. The Kier molecular flexibility index (Phi) is 5.03. The molecular formula is C16H16Cl2FN. The molecule has 0 radical (unpaired) electrons. The molecule has 2 aromatic rings. The summed E-state index contributed by atoms with van der Waals surface area (Å²) >= 11 is 12.0. The van der Waals surface area contributed by atoms with E-state index in [0.29, 0.717) is 15.6 Å². The van der Waals surface area contributed by atoms with Gasteiger partial charge in [0.2, 0.25) is 0 Å². The molecule has 0 heterocycles. The Labute approximate surface area is 128 Å². The Morgan fingerprint density at radius 3 is 2.50 bits per heavy atom. The highest BCUT2D eigenvalue weighted by Gasteiger charge is 2.18. The summed E-state index contributed by atoms with van der Waals surface area (Å²) in [6, 6.07) is 10.2. The minimum absolute atomic E-state index is 0.229. The SMILES string of the molecule is CCNC(c1ccc(Cl)c(Cl)c1)c1cc(C)ccc1F. The molecule has 1 unspecified atom stereocenters. The van der Waals surface area contributed by atoms with Gasteiger partial charge >= 0.3 is 0 Å². The van der Waals surface area contributed by atoms with Gasteiger partial charge in [-0.05, 0) is 37.2 Å². The lowest BCUT2D eigenvalue weighted by atomic mass is 9.96. The molecule has 0 saturated heterocycles. The van der Waals surface area contributed by atoms with Crippen molar-refractivity contribution >= 4 is 23.2 Å². The van der Waals surface area contributed by atoms with Crippen molar-refractivity contribution in [3.05, 3.63) is 69.0 Å². The predicted molar refractivity (Wildman–Crippen MR) is 83.1 cm³/mol. The molecule has 0 aliphatic rings. The van der Waals surface area contributed by atoms with E-state index < -0.39 is 0 Å². The zero-order valence-electron chi connectivity index (χ0n) is 11.4. The van der Waals surface area contributed by atoms with E-state index in [-0.39, 0.29) is 11.9 Å². The van der Waals surface area contributed by atoms with Crippen LogP contribution in [0.15, 0.2) is 36.4 Å². The summed E-state index contributed by atoms with van der Waals surface area (Å²) in [5.74, 6) is -0.229. The molecule has 0 spiro atoms. The van der Waals surface area contributed by atoms with E-state index in [1.807, 2.05) is 26.0 Å². The normalized spacial score (nSPS) is 12.4. The Bertz CT molecular complexity index is 613. The fraction of sp³-hybridized carbons (Fsp3) is 0.250. The Morgan fingerprint density at radius 1 is 1.10 bits per heavy atom. The van der Waals surface area contributed by atoms with Crippen molar-refractivity contribution in [2.75, 3.05) is 6.54 Å². The van der Waals surface area contributed by atoms with Gasteiger partial charge in [0.1, 0.15) is 5.82 Å². The van der Waals surface area contributed by atoms with E-state index >= 15 is 0 Å². The third kappa shape index (κ3) is 3.32. The molecule has 4 heteroatoms. The predicted octanol–water partition coefficient (Wildman–Crippen LogP) is 5.14. The van der Waals surface area contributed by atoms with Gasteiger partial charge in [0.05, 0.1) is 16.1 Å². The summed E-state index contributed by atoms with van der Waals surface area (Å²) in [6.45, 7) is 4.65. The van der Waals surface area contributed by atoms with Gasteiger partial charge in [-0.2, -0.15) is 0 Å². The minimum Gasteiger partial charge on any atom is -0.306 e. The van der Waals surface area contributed by atoms with E-state index in [1.165, 1.54) is 6.07 Å². The van der Waals surface area contributed by atoms with Crippen molar-refractivity contribution in [1.82, 2.24) is 5.32 Å². The Morgan fingerprint density at radius 2 is 1.85 bits per heavy atom. The van der Waals surface area contributed by atoms with E-state index in [4.69, 9.17) is 23.2 Å². The molecule has 0 fully saturated rings. The van der Waals surface area contributed by atoms with Crippen LogP contribution in [0.2, 0.25) is 10.0 Å². The van der Waals surface area contributed by atoms with Gasteiger partial charge in [0.25, 0.3) is 0 Å². The van der Waals surface area contributed by atoms with Gasteiger partial charge < -0.3 is 5.32 Å². The van der Waals surface area contributed by atoms with Crippen LogP contribution in [-0.4, -0.2) is 6.54 Å². The van der Waals surface area contributed by atoms with Gasteiger partial charge in [-0.25, -0.2) is 4.39 Å². The van der Waals surface area contributed by atoms with Crippen molar-refractivity contribution in [1.29, 1.82) is 0 Å². The number of aryl methyl sites for hydroxylation is 1. The van der Waals surface area contributed by atoms with Crippen LogP contribution in [0.3, 0.4) is 0 Å². The minimum atomic E-state index is -0.241. The third-order valence-corrected chi connectivity index (χ3v) is 3.89. The maximum absolute atomic E-state index is 14.1. The number of hydrogen-bond acceptors (Lipinski definition) is 1. The Hall–Kier alpha value is -1.09. The van der Waals surface area contributed by atoms with E-state index in [1.54, 1.807) is 18.2 Å². The Balaban J connectivity index is 2.49. The number of rotatable bonds is 4. The van der Waals surface area contributed by atoms with Crippen molar-refractivity contribution in [3.63, 3.8) is 0 Å². The topological polar surface area (TPSA) is 12.0 Å². The lowest BCUT2D eigenvalue weighted by Crippen LogP contribution is -2.23. The van der Waals surface area contributed by atoms with Gasteiger partial charge in [-0.3, -0.25) is 0 Å². The van der Waals surface area contributed by atoms with Crippen molar-refractivity contribution in [2.24, 2.45) is 0 Å². The van der Waals surface area contributed by atoms with Crippen LogP contribution in [0.1, 0.15) is 29.7 Å². The van der Waals surface area contributed by atoms with Gasteiger partial charge in [0.15, 0.2) is 0 Å². The van der Waals surface area contributed by atoms with E-state index in [9.17, 15) is 4.39 Å². The first-order valence-corrected chi connectivity index (χ1v) is 7.23. The van der Waals surface area contributed by atoms with Crippen LogP contribution in [0, 0.1) is 12.7 Å². The van der Waals surface area contributed by atoms with Gasteiger partial charge in [0, 0.05) is 5.56 Å². The molecule has 2 rings (SSSR count). The van der Waals surface area contributed by atoms with Crippen LogP contribution >= 0.6 is 23.2 Å². The number of hydrogen-bond donors (Lipinski definition) is 1. The van der Waals surface area contributed by atoms with E-state index in [0.717, 1.165) is 17.7 Å². The maximum Gasteiger partial charge on any atom is 0.128 e. The molecule has 0 bridgehead atoms. The first kappa shape index (κ1) is 15.3. The highest BCUT2D eigenvalue weighted by Crippen LogP contribution is 2.30. The van der Waals surface area contributed by atoms with Crippen LogP contribution in [-0.2, 0) is 0 Å². The molecule has 1 nitrogen and oxygen atoms in total. The molecule has 2 aromatic carbocycles.